The number of rotatable bonds is 3. The zero-order chi connectivity index (χ0) is 12.4. The first-order chi connectivity index (χ1) is 8.19. The largest absolute Gasteiger partial charge is 0.495 e. The van der Waals surface area contributed by atoms with E-state index in [9.17, 15) is 9.59 Å². The number of ketones is 1. The third-order valence-corrected chi connectivity index (χ3v) is 2.51. The summed E-state index contributed by atoms with van der Waals surface area (Å²) in [4.78, 5) is 25.8. The first kappa shape index (κ1) is 11.2. The van der Waals surface area contributed by atoms with E-state index in [2.05, 4.69) is 9.72 Å². The second-order valence-electron chi connectivity index (χ2n) is 3.41. The van der Waals surface area contributed by atoms with Crippen molar-refractivity contribution in [3.8, 4) is 5.75 Å². The molecule has 5 heteroatoms. The average Bonchev–Trinajstić information content (AvgIpc) is 2.80. The zero-order valence-electron chi connectivity index (χ0n) is 9.44. The molecular formula is C12H11NO4. The van der Waals surface area contributed by atoms with Crippen molar-refractivity contribution in [1.29, 1.82) is 0 Å². The lowest BCUT2D eigenvalue weighted by Gasteiger charge is -2.01. The number of ether oxygens (including phenoxy) is 2. The van der Waals surface area contributed by atoms with Gasteiger partial charge in [-0.2, -0.15) is 0 Å². The molecule has 0 aliphatic carbocycles. The Balaban J connectivity index is 2.57. The predicted octanol–water partition coefficient (Wildman–Crippen LogP) is 1.53. The molecule has 0 aliphatic heterocycles. The third kappa shape index (κ3) is 1.75. The molecule has 0 radical (unpaired) electrons. The summed E-state index contributed by atoms with van der Waals surface area (Å²) in [6, 6.07) is 5.26. The van der Waals surface area contributed by atoms with Crippen molar-refractivity contribution in [3.05, 3.63) is 30.0 Å². The number of carbonyl (C=O) groups is 2. The van der Waals surface area contributed by atoms with Crippen molar-refractivity contribution in [3.63, 3.8) is 0 Å². The minimum atomic E-state index is -0.881. The van der Waals surface area contributed by atoms with Crippen molar-refractivity contribution in [2.75, 3.05) is 14.2 Å². The molecule has 1 N–H and O–H groups in total. The van der Waals surface area contributed by atoms with Crippen LogP contribution < -0.4 is 4.74 Å². The van der Waals surface area contributed by atoms with E-state index in [0.717, 1.165) is 0 Å². The van der Waals surface area contributed by atoms with E-state index >= 15 is 0 Å². The van der Waals surface area contributed by atoms with Crippen LogP contribution in [0.1, 0.15) is 10.4 Å². The average molecular weight is 233 g/mol. The highest BCUT2D eigenvalue weighted by Gasteiger charge is 2.21. The van der Waals surface area contributed by atoms with Crippen molar-refractivity contribution in [2.24, 2.45) is 0 Å². The molecule has 0 unspecified atom stereocenters. The lowest BCUT2D eigenvalue weighted by atomic mass is 10.1. The molecule has 2 aromatic rings. The second-order valence-corrected chi connectivity index (χ2v) is 3.41. The van der Waals surface area contributed by atoms with Gasteiger partial charge >= 0.3 is 5.97 Å². The van der Waals surface area contributed by atoms with Gasteiger partial charge in [-0.15, -0.1) is 0 Å². The van der Waals surface area contributed by atoms with E-state index in [0.29, 0.717) is 16.7 Å². The van der Waals surface area contributed by atoms with Gasteiger partial charge in [0.2, 0.25) is 0 Å². The van der Waals surface area contributed by atoms with Gasteiger partial charge in [0.1, 0.15) is 5.75 Å². The van der Waals surface area contributed by atoms with Gasteiger partial charge in [-0.25, -0.2) is 4.79 Å². The summed E-state index contributed by atoms with van der Waals surface area (Å²) < 4.78 is 9.56. The second kappa shape index (κ2) is 4.29. The summed E-state index contributed by atoms with van der Waals surface area (Å²) in [5, 5.41) is 0.639. The first-order valence-electron chi connectivity index (χ1n) is 4.95. The fourth-order valence-corrected chi connectivity index (χ4v) is 1.69. The van der Waals surface area contributed by atoms with Crippen LogP contribution in [0.3, 0.4) is 0 Å². The van der Waals surface area contributed by atoms with Gasteiger partial charge in [0.05, 0.1) is 25.3 Å². The number of Topliss-reactive ketones (excluding diaryl/α,β-unsaturated/α-hetero) is 1. The van der Waals surface area contributed by atoms with Gasteiger partial charge in [-0.05, 0) is 6.07 Å². The minimum Gasteiger partial charge on any atom is -0.495 e. The molecule has 0 fully saturated rings. The third-order valence-electron chi connectivity index (χ3n) is 2.51. The van der Waals surface area contributed by atoms with Crippen LogP contribution in [0, 0.1) is 0 Å². The Kier molecular flexibility index (Phi) is 2.82. The smallest absolute Gasteiger partial charge is 0.379 e. The van der Waals surface area contributed by atoms with E-state index in [4.69, 9.17) is 4.74 Å². The highest BCUT2D eigenvalue weighted by molar-refractivity contribution is 6.43. The number of esters is 1. The van der Waals surface area contributed by atoms with E-state index in [1.807, 2.05) is 0 Å². The van der Waals surface area contributed by atoms with Gasteiger partial charge in [-0.3, -0.25) is 4.79 Å². The fourth-order valence-electron chi connectivity index (χ4n) is 1.69. The molecule has 0 bridgehead atoms. The maximum absolute atomic E-state index is 11.7. The Bertz CT molecular complexity index is 585. The fraction of sp³-hybridized carbons (Fsp3) is 0.167. The molecule has 88 valence electrons. The number of carbonyl (C=O) groups excluding carboxylic acids is 2. The highest BCUT2D eigenvalue weighted by atomic mass is 16.5. The Morgan fingerprint density at radius 3 is 2.65 bits per heavy atom. The predicted molar refractivity (Wildman–Crippen MR) is 61.2 cm³/mol. The summed E-state index contributed by atoms with van der Waals surface area (Å²) in [5.74, 6) is -0.938. The van der Waals surface area contributed by atoms with Crippen molar-refractivity contribution < 1.29 is 19.1 Å². The Hall–Kier alpha value is -2.30. The maximum atomic E-state index is 11.7. The molecule has 0 saturated carbocycles. The molecule has 1 heterocycles. The van der Waals surface area contributed by atoms with E-state index in [-0.39, 0.29) is 5.56 Å². The molecule has 17 heavy (non-hydrogen) atoms. The van der Waals surface area contributed by atoms with Crippen molar-refractivity contribution in [2.45, 2.75) is 0 Å². The van der Waals surface area contributed by atoms with Crippen LogP contribution in [0.4, 0.5) is 0 Å². The number of aromatic nitrogens is 1. The number of nitrogens with one attached hydrogen (secondary N) is 1. The van der Waals surface area contributed by atoms with Crippen LogP contribution in [0.2, 0.25) is 0 Å². The standard InChI is InChI=1S/C12H11NO4/c1-16-9-5-3-4-7-8(6-13-10(7)9)11(14)12(15)17-2/h3-6,13H,1-2H3. The summed E-state index contributed by atoms with van der Waals surface area (Å²) in [6.45, 7) is 0. The summed E-state index contributed by atoms with van der Waals surface area (Å²) in [7, 11) is 2.72. The highest BCUT2D eigenvalue weighted by Crippen LogP contribution is 2.27. The van der Waals surface area contributed by atoms with Crippen molar-refractivity contribution in [1.82, 2.24) is 4.98 Å². The normalized spacial score (nSPS) is 10.2. The molecule has 1 aromatic carbocycles. The van der Waals surface area contributed by atoms with E-state index in [1.165, 1.54) is 20.4 Å². The number of H-pyrrole nitrogens is 1. The molecule has 5 nitrogen and oxygen atoms in total. The number of fused-ring (bicyclic) bond motifs is 1. The maximum Gasteiger partial charge on any atom is 0.379 e. The van der Waals surface area contributed by atoms with E-state index < -0.39 is 11.8 Å². The summed E-state index contributed by atoms with van der Waals surface area (Å²) >= 11 is 0. The number of aromatic amines is 1. The molecule has 0 atom stereocenters. The van der Waals surface area contributed by atoms with Crippen LogP contribution in [0.5, 0.6) is 5.75 Å². The van der Waals surface area contributed by atoms with Crippen LogP contribution in [0.25, 0.3) is 10.9 Å². The van der Waals surface area contributed by atoms with E-state index in [1.54, 1.807) is 18.2 Å². The SMILES string of the molecule is COC(=O)C(=O)c1c[nH]c2c(OC)cccc12. The summed E-state index contributed by atoms with van der Waals surface area (Å²) in [6.07, 6.45) is 1.48. The quantitative estimate of drug-likeness (QED) is 0.496. The Morgan fingerprint density at radius 2 is 2.00 bits per heavy atom. The van der Waals surface area contributed by atoms with Gasteiger partial charge < -0.3 is 14.5 Å². The van der Waals surface area contributed by atoms with Gasteiger partial charge in [-0.1, -0.05) is 12.1 Å². The molecule has 1 aromatic heterocycles. The molecule has 0 saturated heterocycles. The number of para-hydroxylation sites is 1. The van der Waals surface area contributed by atoms with Gasteiger partial charge in [0, 0.05) is 11.6 Å². The first-order valence-corrected chi connectivity index (χ1v) is 4.95. The Labute approximate surface area is 97.3 Å². The monoisotopic (exact) mass is 233 g/mol. The van der Waals surface area contributed by atoms with Crippen LogP contribution in [0.15, 0.2) is 24.4 Å². The van der Waals surface area contributed by atoms with Crippen molar-refractivity contribution >= 4 is 22.7 Å². The number of hydrogen-bond donors (Lipinski definition) is 1. The number of benzene rings is 1. The summed E-state index contributed by atoms with van der Waals surface area (Å²) in [5.41, 5.74) is 0.966. The topological polar surface area (TPSA) is 68.4 Å². The van der Waals surface area contributed by atoms with Gasteiger partial charge in [0.25, 0.3) is 5.78 Å². The van der Waals surface area contributed by atoms with Crippen LogP contribution in [-0.2, 0) is 9.53 Å². The molecule has 0 spiro atoms. The molecular weight excluding hydrogens is 222 g/mol. The minimum absolute atomic E-state index is 0.283. The molecule has 0 amide bonds. The van der Waals surface area contributed by atoms with Gasteiger partial charge in [0.15, 0.2) is 0 Å². The number of hydrogen-bond acceptors (Lipinski definition) is 4. The molecule has 0 aliphatic rings. The number of methoxy groups -OCH3 is 2. The zero-order valence-corrected chi connectivity index (χ0v) is 9.44. The lowest BCUT2D eigenvalue weighted by molar-refractivity contribution is -0.135. The van der Waals surface area contributed by atoms with Crippen LogP contribution >= 0.6 is 0 Å². The molecule has 2 rings (SSSR count). The Morgan fingerprint density at radius 1 is 1.24 bits per heavy atom. The van der Waals surface area contributed by atoms with Crippen LogP contribution in [-0.4, -0.2) is 31.0 Å². The lowest BCUT2D eigenvalue weighted by Crippen LogP contribution is -2.15.